The predicted octanol–water partition coefficient (Wildman–Crippen LogP) is 5.44. The number of hydrogen-bond acceptors (Lipinski definition) is 0. The van der Waals surface area contributed by atoms with Gasteiger partial charge in [0, 0.05) is 0 Å². The number of hydrogen-bond donors (Lipinski definition) is 0. The Bertz CT molecular complexity index is 632. The van der Waals surface area contributed by atoms with Gasteiger partial charge < -0.3 is 0 Å². The first-order valence-electron chi connectivity index (χ1n) is 7.48. The van der Waals surface area contributed by atoms with Gasteiger partial charge in [-0.05, 0) is 61.3 Å². The third-order valence-corrected chi connectivity index (χ3v) is 4.45. The van der Waals surface area contributed by atoms with Crippen LogP contribution in [-0.4, -0.2) is 0 Å². The molecule has 0 nitrogen and oxygen atoms in total. The normalized spacial score (nSPS) is 17.0. The summed E-state index contributed by atoms with van der Waals surface area (Å²) in [5.41, 5.74) is 8.33. The van der Waals surface area contributed by atoms with Crippen molar-refractivity contribution >= 4 is 5.57 Å². The molecule has 102 valence electrons. The molecule has 2 aromatic carbocycles. The topological polar surface area (TPSA) is 0 Å². The maximum atomic E-state index is 4.31. The average Bonchev–Trinajstić information content (AvgIpc) is 2.81. The molecule has 0 aromatic heterocycles. The fourth-order valence-electron chi connectivity index (χ4n) is 3.25. The van der Waals surface area contributed by atoms with E-state index in [1.54, 1.807) is 11.1 Å². The van der Waals surface area contributed by atoms with Crippen molar-refractivity contribution in [3.05, 3.63) is 76.9 Å². The van der Waals surface area contributed by atoms with Gasteiger partial charge in [0.05, 0.1) is 0 Å². The molecule has 0 fully saturated rings. The van der Waals surface area contributed by atoms with Crippen LogP contribution in [0.15, 0.2) is 49.0 Å². The van der Waals surface area contributed by atoms with Gasteiger partial charge in [-0.15, -0.1) is 0 Å². The molecule has 1 aliphatic carbocycles. The molecule has 0 N–H and O–H groups in total. The lowest BCUT2D eigenvalue weighted by atomic mass is 9.90. The fourth-order valence-corrected chi connectivity index (χ4v) is 3.25. The SMILES string of the molecule is C=C(CC1CCc2cc(C)ccc21)c1ccc(C)cc1. The quantitative estimate of drug-likeness (QED) is 0.691. The number of rotatable bonds is 3. The van der Waals surface area contributed by atoms with E-state index in [9.17, 15) is 0 Å². The maximum Gasteiger partial charge on any atom is -0.0116 e. The lowest BCUT2D eigenvalue weighted by Gasteiger charge is -2.14. The zero-order valence-electron chi connectivity index (χ0n) is 12.4. The van der Waals surface area contributed by atoms with Gasteiger partial charge >= 0.3 is 0 Å². The zero-order chi connectivity index (χ0) is 14.1. The van der Waals surface area contributed by atoms with Crippen molar-refractivity contribution in [2.24, 2.45) is 0 Å². The molecule has 2 aromatic rings. The smallest absolute Gasteiger partial charge is 0.0116 e. The Hall–Kier alpha value is -1.82. The van der Waals surface area contributed by atoms with Gasteiger partial charge in [0.2, 0.25) is 0 Å². The largest absolute Gasteiger partial charge is 0.0952 e. The first-order valence-corrected chi connectivity index (χ1v) is 7.48. The van der Waals surface area contributed by atoms with Crippen LogP contribution in [0.25, 0.3) is 5.57 Å². The standard InChI is InChI=1S/C20H22/c1-14-4-7-17(8-5-14)16(3)13-19-10-9-18-12-15(2)6-11-20(18)19/h4-8,11-12,19H,3,9-10,13H2,1-2H3. The summed E-state index contributed by atoms with van der Waals surface area (Å²) in [6.45, 7) is 8.62. The molecule has 0 heterocycles. The molecule has 0 saturated carbocycles. The third-order valence-electron chi connectivity index (χ3n) is 4.45. The van der Waals surface area contributed by atoms with Crippen molar-refractivity contribution in [1.82, 2.24) is 0 Å². The zero-order valence-corrected chi connectivity index (χ0v) is 12.4. The van der Waals surface area contributed by atoms with Gasteiger partial charge in [-0.2, -0.15) is 0 Å². The van der Waals surface area contributed by atoms with Crippen LogP contribution >= 0.6 is 0 Å². The van der Waals surface area contributed by atoms with Crippen molar-refractivity contribution in [1.29, 1.82) is 0 Å². The molecule has 3 rings (SSSR count). The van der Waals surface area contributed by atoms with Crippen LogP contribution in [0, 0.1) is 13.8 Å². The third kappa shape index (κ3) is 2.56. The van der Waals surface area contributed by atoms with E-state index in [4.69, 9.17) is 0 Å². The molecular weight excluding hydrogens is 240 g/mol. The first kappa shape index (κ1) is 13.2. The van der Waals surface area contributed by atoms with Crippen molar-refractivity contribution < 1.29 is 0 Å². The van der Waals surface area contributed by atoms with E-state index in [-0.39, 0.29) is 0 Å². The fraction of sp³-hybridized carbons (Fsp3) is 0.300. The molecular formula is C20H22. The highest BCUT2D eigenvalue weighted by Crippen LogP contribution is 2.39. The molecule has 0 amide bonds. The molecule has 1 unspecified atom stereocenters. The Morgan fingerprint density at radius 3 is 2.50 bits per heavy atom. The molecule has 1 atom stereocenters. The lowest BCUT2D eigenvalue weighted by molar-refractivity contribution is 0.697. The van der Waals surface area contributed by atoms with E-state index in [1.165, 1.54) is 35.1 Å². The highest BCUT2D eigenvalue weighted by atomic mass is 14.3. The van der Waals surface area contributed by atoms with E-state index < -0.39 is 0 Å². The lowest BCUT2D eigenvalue weighted by Crippen LogP contribution is -1.96. The molecule has 20 heavy (non-hydrogen) atoms. The number of fused-ring (bicyclic) bond motifs is 1. The van der Waals surface area contributed by atoms with Gasteiger partial charge in [0.15, 0.2) is 0 Å². The molecule has 1 aliphatic rings. The van der Waals surface area contributed by atoms with Crippen LogP contribution in [0.3, 0.4) is 0 Å². The summed E-state index contributed by atoms with van der Waals surface area (Å²) >= 11 is 0. The second-order valence-corrected chi connectivity index (χ2v) is 6.11. The van der Waals surface area contributed by atoms with Crippen molar-refractivity contribution in [3.8, 4) is 0 Å². The molecule has 0 radical (unpaired) electrons. The molecule has 0 aliphatic heterocycles. The molecule has 0 spiro atoms. The van der Waals surface area contributed by atoms with Crippen LogP contribution < -0.4 is 0 Å². The van der Waals surface area contributed by atoms with Crippen LogP contribution in [-0.2, 0) is 6.42 Å². The number of aryl methyl sites for hydroxylation is 3. The molecule has 0 bridgehead atoms. The van der Waals surface area contributed by atoms with Gasteiger partial charge in [-0.3, -0.25) is 0 Å². The van der Waals surface area contributed by atoms with Gasteiger partial charge in [0.25, 0.3) is 0 Å². The van der Waals surface area contributed by atoms with Crippen LogP contribution in [0.2, 0.25) is 0 Å². The summed E-state index contributed by atoms with van der Waals surface area (Å²) < 4.78 is 0. The maximum absolute atomic E-state index is 4.31. The highest BCUT2D eigenvalue weighted by Gasteiger charge is 2.23. The van der Waals surface area contributed by atoms with Crippen molar-refractivity contribution in [2.75, 3.05) is 0 Å². The molecule has 0 heteroatoms. The van der Waals surface area contributed by atoms with E-state index in [1.807, 2.05) is 0 Å². The van der Waals surface area contributed by atoms with Crippen LogP contribution in [0.1, 0.15) is 46.6 Å². The van der Waals surface area contributed by atoms with Crippen LogP contribution in [0.4, 0.5) is 0 Å². The Balaban J connectivity index is 1.77. The van der Waals surface area contributed by atoms with Gasteiger partial charge in [0.1, 0.15) is 0 Å². The van der Waals surface area contributed by atoms with E-state index in [0.717, 1.165) is 6.42 Å². The second-order valence-electron chi connectivity index (χ2n) is 6.11. The van der Waals surface area contributed by atoms with Gasteiger partial charge in [-0.1, -0.05) is 60.2 Å². The number of allylic oxidation sites excluding steroid dienone is 1. The Labute approximate surface area is 122 Å². The summed E-state index contributed by atoms with van der Waals surface area (Å²) in [5.74, 6) is 0.652. The first-order chi connectivity index (χ1) is 9.63. The predicted molar refractivity (Wildman–Crippen MR) is 87.1 cm³/mol. The summed E-state index contributed by atoms with van der Waals surface area (Å²) in [6.07, 6.45) is 3.58. The minimum atomic E-state index is 0.652. The second kappa shape index (κ2) is 5.28. The monoisotopic (exact) mass is 262 g/mol. The number of benzene rings is 2. The average molecular weight is 262 g/mol. The Kier molecular flexibility index (Phi) is 3.48. The summed E-state index contributed by atoms with van der Waals surface area (Å²) in [5, 5.41) is 0. The van der Waals surface area contributed by atoms with Crippen LogP contribution in [0.5, 0.6) is 0 Å². The van der Waals surface area contributed by atoms with Crippen molar-refractivity contribution in [2.45, 2.75) is 39.0 Å². The molecule has 0 saturated heterocycles. The van der Waals surface area contributed by atoms with E-state index in [0.29, 0.717) is 5.92 Å². The Morgan fingerprint density at radius 1 is 1.05 bits per heavy atom. The highest BCUT2D eigenvalue weighted by molar-refractivity contribution is 5.64. The van der Waals surface area contributed by atoms with Crippen molar-refractivity contribution in [3.63, 3.8) is 0 Å². The van der Waals surface area contributed by atoms with Gasteiger partial charge in [-0.25, -0.2) is 0 Å². The summed E-state index contributed by atoms with van der Waals surface area (Å²) in [6, 6.07) is 15.7. The summed E-state index contributed by atoms with van der Waals surface area (Å²) in [7, 11) is 0. The summed E-state index contributed by atoms with van der Waals surface area (Å²) in [4.78, 5) is 0. The van der Waals surface area contributed by atoms with E-state index >= 15 is 0 Å². The minimum Gasteiger partial charge on any atom is -0.0952 e. The minimum absolute atomic E-state index is 0.652. The van der Waals surface area contributed by atoms with E-state index in [2.05, 4.69) is 62.9 Å². The Morgan fingerprint density at radius 2 is 1.75 bits per heavy atom.